The van der Waals surface area contributed by atoms with E-state index in [0.717, 1.165) is 45.5 Å². The predicted molar refractivity (Wildman–Crippen MR) is 623 cm³/mol. The van der Waals surface area contributed by atoms with Gasteiger partial charge in [-0.2, -0.15) is 0 Å². The lowest BCUT2D eigenvalue weighted by Crippen LogP contribution is -2.14. The third-order valence-electron chi connectivity index (χ3n) is 30.1. The zero-order valence-corrected chi connectivity index (χ0v) is 81.3. The number of hydrogen-bond acceptors (Lipinski definition) is 4. The van der Waals surface area contributed by atoms with Crippen molar-refractivity contribution < 1.29 is 0 Å². The Balaban J connectivity index is 0.000000148. The standard InChI is InChI=1S/C78H57N3.C62H41N3/c1-50-36-40-58(54-22-9-5-10-23-54)44-68(50)79(69-45-59(41-37-51(69)2)55-24-11-6-12-25-55)77-64-32-19-17-30-62(64)48-72-74(77)66-34-21-35-67-75-73(81(72)76(66)67)49-63-31-18-20-33-65(63)78(75)80(70-46-60(42-38-52(70)3)56-26-13-7-14-27-56)71-47-61(43-39-53(71)4)57-28-15-8-16-29-57;1-5-20-42(21-6-1)44-26-17-32-50(38-44)63(48-28-9-3-10-29-48)61-52-34-15-13-24-46(52)40-56-58(61)54-36-19-37-55-59-57(65(56)60(54)55)41-47-25-14-16-35-53(47)62(59)64(49-30-11-4-12-31-49)51-33-18-27-45(39-51)43-22-7-2-8-23-43/h5-49H,1-4H3;1-41H. The summed E-state index contributed by atoms with van der Waals surface area (Å²) < 4.78 is 5.17. The summed E-state index contributed by atoms with van der Waals surface area (Å²) in [5.41, 5.74) is 39.7. The van der Waals surface area contributed by atoms with E-state index in [0.29, 0.717) is 0 Å². The van der Waals surface area contributed by atoms with Gasteiger partial charge in [0.2, 0.25) is 0 Å². The lowest BCUT2D eigenvalue weighted by molar-refractivity contribution is 1.24. The second kappa shape index (κ2) is 35.7. The highest BCUT2D eigenvalue weighted by Gasteiger charge is 2.35. The van der Waals surface area contributed by atoms with Crippen molar-refractivity contribution in [3.8, 4) is 66.8 Å². The molecule has 4 heterocycles. The minimum atomic E-state index is 1.11. The Morgan fingerprint density at radius 2 is 0.336 bits per heavy atom. The van der Waals surface area contributed by atoms with Crippen LogP contribution in [0.5, 0.6) is 0 Å². The SMILES string of the molecule is Cc1ccc(-c2ccccc2)cc1N(c1cc(-c2ccccc2)ccc1C)c1c2ccccc2cc2c1c1cccc3c4c(N(c5cc(-c6ccccc6)ccc5C)c5cc(-c6ccccc6)ccc5C)c5ccccc5cc4n2c13.c1ccc(-c2cccc(N(c3ccccc3)c3c4ccccc4cc4c3c3cccc5c6c(N(c7ccccc7)c7cccc(-c8ccccc8)c7)c7ccccc7cc6n4c35)c2)cc1. The van der Waals surface area contributed by atoms with Crippen molar-refractivity contribution in [2.75, 3.05) is 19.6 Å². The van der Waals surface area contributed by atoms with Crippen LogP contribution in [0.25, 0.3) is 186 Å². The number of aromatic nitrogens is 2. The van der Waals surface area contributed by atoms with Gasteiger partial charge in [-0.3, -0.25) is 0 Å². The maximum absolute atomic E-state index is 2.61. The molecule has 0 spiro atoms. The normalized spacial score (nSPS) is 11.7. The van der Waals surface area contributed by atoms with Crippen LogP contribution in [0.3, 0.4) is 0 Å². The summed E-state index contributed by atoms with van der Waals surface area (Å²) in [6.07, 6.45) is 0. The molecule has 0 unspecified atom stereocenters. The average molecular weight is 1860 g/mol. The number of fused-ring (bicyclic) bond motifs is 16. The van der Waals surface area contributed by atoms with Crippen molar-refractivity contribution in [3.63, 3.8) is 0 Å². The molecular formula is C140H98N6. The van der Waals surface area contributed by atoms with Crippen molar-refractivity contribution in [1.29, 1.82) is 0 Å². The van der Waals surface area contributed by atoms with E-state index in [9.17, 15) is 0 Å². The molecule has 0 saturated heterocycles. The second-order valence-electron chi connectivity index (χ2n) is 38.8. The van der Waals surface area contributed by atoms with Gasteiger partial charge in [0.1, 0.15) is 0 Å². The van der Waals surface area contributed by atoms with Crippen LogP contribution in [0.4, 0.5) is 68.2 Å². The Morgan fingerprint density at radius 1 is 0.144 bits per heavy atom. The summed E-state index contributed by atoms with van der Waals surface area (Å²) in [5.74, 6) is 0. The summed E-state index contributed by atoms with van der Waals surface area (Å²) in [7, 11) is 0. The first kappa shape index (κ1) is 86.2. The number of benzene rings is 24. The third-order valence-corrected chi connectivity index (χ3v) is 30.1. The summed E-state index contributed by atoms with van der Waals surface area (Å²) in [6, 6.07) is 192. The lowest BCUT2D eigenvalue weighted by Gasteiger charge is -2.32. The maximum atomic E-state index is 2.61. The number of anilines is 12. The van der Waals surface area contributed by atoms with Crippen LogP contribution in [0, 0.1) is 27.7 Å². The fourth-order valence-electron chi connectivity index (χ4n) is 23.3. The molecular weight excluding hydrogens is 1770 g/mol. The van der Waals surface area contributed by atoms with E-state index in [1.54, 1.807) is 0 Å². The molecule has 6 nitrogen and oxygen atoms in total. The number of nitrogens with zero attached hydrogens (tertiary/aromatic N) is 6. The Morgan fingerprint density at radius 3 is 0.589 bits per heavy atom. The first-order valence-electron chi connectivity index (χ1n) is 50.5. The van der Waals surface area contributed by atoms with Gasteiger partial charge in [-0.25, -0.2) is 0 Å². The molecule has 0 radical (unpaired) electrons. The molecule has 24 aromatic carbocycles. The molecule has 0 N–H and O–H groups in total. The number of aryl methyl sites for hydroxylation is 4. The van der Waals surface area contributed by atoms with E-state index >= 15 is 0 Å². The lowest BCUT2D eigenvalue weighted by atomic mass is 9.95. The molecule has 0 atom stereocenters. The predicted octanol–water partition coefficient (Wildman–Crippen LogP) is 39.4. The van der Waals surface area contributed by atoms with Crippen LogP contribution in [0.15, 0.2) is 522 Å². The topological polar surface area (TPSA) is 21.8 Å². The molecule has 0 amide bonds. The minimum absolute atomic E-state index is 1.11. The summed E-state index contributed by atoms with van der Waals surface area (Å²) >= 11 is 0. The fourth-order valence-corrected chi connectivity index (χ4v) is 23.3. The number of hydrogen-bond donors (Lipinski definition) is 0. The van der Waals surface area contributed by atoms with Crippen LogP contribution in [0.1, 0.15) is 22.3 Å². The minimum Gasteiger partial charge on any atom is -0.309 e. The third kappa shape index (κ3) is 14.5. The molecule has 0 saturated carbocycles. The first-order chi connectivity index (χ1) is 72.1. The van der Waals surface area contributed by atoms with Crippen LogP contribution in [-0.4, -0.2) is 8.80 Å². The molecule has 28 rings (SSSR count). The average Bonchev–Trinajstić information content (AvgIpc) is 1.52. The van der Waals surface area contributed by atoms with Crippen molar-refractivity contribution in [3.05, 3.63) is 544 Å². The van der Waals surface area contributed by atoms with Gasteiger partial charge in [0.05, 0.1) is 55.8 Å². The molecule has 0 fully saturated rings. The zero-order chi connectivity index (χ0) is 97.1. The van der Waals surface area contributed by atoms with Crippen molar-refractivity contribution in [2.24, 2.45) is 0 Å². The Labute approximate surface area is 848 Å². The Kier molecular flexibility index (Phi) is 21.1. The van der Waals surface area contributed by atoms with Crippen LogP contribution in [0.2, 0.25) is 0 Å². The largest absolute Gasteiger partial charge is 0.309 e. The van der Waals surface area contributed by atoms with Crippen molar-refractivity contribution >= 4 is 188 Å². The van der Waals surface area contributed by atoms with Gasteiger partial charge in [0, 0.05) is 110 Å². The summed E-state index contributed by atoms with van der Waals surface area (Å²) in [6.45, 7) is 9.07. The fraction of sp³-hybridized carbons (Fsp3) is 0.0286. The molecule has 6 heteroatoms. The summed E-state index contributed by atoms with van der Waals surface area (Å²) in [5, 5.41) is 19.3. The van der Waals surface area contributed by atoms with Gasteiger partial charge in [-0.05, 0) is 235 Å². The highest BCUT2D eigenvalue weighted by molar-refractivity contribution is 6.36. The highest BCUT2D eigenvalue weighted by atomic mass is 15.2. The van der Waals surface area contributed by atoms with E-state index in [4.69, 9.17) is 0 Å². The molecule has 4 aromatic heterocycles. The molecule has 28 aromatic rings. The molecule has 688 valence electrons. The van der Waals surface area contributed by atoms with Crippen LogP contribution >= 0.6 is 0 Å². The first-order valence-corrected chi connectivity index (χ1v) is 50.5. The Hall–Kier alpha value is -18.9. The van der Waals surface area contributed by atoms with E-state index in [-0.39, 0.29) is 0 Å². The monoisotopic (exact) mass is 1860 g/mol. The van der Waals surface area contributed by atoms with E-state index in [1.165, 1.54) is 231 Å². The number of para-hydroxylation sites is 4. The van der Waals surface area contributed by atoms with Gasteiger partial charge < -0.3 is 28.4 Å². The quantitative estimate of drug-likeness (QED) is 0.0853. The van der Waals surface area contributed by atoms with Gasteiger partial charge >= 0.3 is 0 Å². The summed E-state index contributed by atoms with van der Waals surface area (Å²) in [4.78, 5) is 10.2. The molecule has 0 bridgehead atoms. The van der Waals surface area contributed by atoms with Crippen molar-refractivity contribution in [2.45, 2.75) is 27.7 Å². The second-order valence-corrected chi connectivity index (χ2v) is 38.8. The highest BCUT2D eigenvalue weighted by Crippen LogP contribution is 2.59. The molecule has 0 aliphatic carbocycles. The van der Waals surface area contributed by atoms with Gasteiger partial charge in [0.15, 0.2) is 0 Å². The van der Waals surface area contributed by atoms with Crippen LogP contribution in [-0.2, 0) is 0 Å². The number of rotatable bonds is 18. The maximum Gasteiger partial charge on any atom is 0.0640 e. The molecule has 0 aliphatic rings. The molecule has 0 aliphatic heterocycles. The van der Waals surface area contributed by atoms with E-state index in [2.05, 4.69) is 578 Å². The van der Waals surface area contributed by atoms with E-state index < -0.39 is 0 Å². The zero-order valence-electron chi connectivity index (χ0n) is 81.3. The van der Waals surface area contributed by atoms with E-state index in [1.807, 2.05) is 0 Å². The van der Waals surface area contributed by atoms with Crippen LogP contribution < -0.4 is 19.6 Å². The smallest absolute Gasteiger partial charge is 0.0640 e. The van der Waals surface area contributed by atoms with Gasteiger partial charge in [-0.1, -0.05) is 425 Å². The van der Waals surface area contributed by atoms with Crippen molar-refractivity contribution in [1.82, 2.24) is 8.80 Å². The molecule has 146 heavy (non-hydrogen) atoms. The van der Waals surface area contributed by atoms with Gasteiger partial charge in [-0.15, -0.1) is 0 Å². The Bertz CT molecular complexity index is 9180. The van der Waals surface area contributed by atoms with Gasteiger partial charge in [0.25, 0.3) is 0 Å².